The molecule has 2 aromatic rings. The van der Waals surface area contributed by atoms with Crippen LogP contribution in [0.4, 0.5) is 13.2 Å². The van der Waals surface area contributed by atoms with Crippen molar-refractivity contribution in [3.8, 4) is 0 Å². The first-order valence-corrected chi connectivity index (χ1v) is 5.73. The van der Waals surface area contributed by atoms with Gasteiger partial charge in [0.25, 0.3) is 0 Å². The zero-order chi connectivity index (χ0) is 14.2. The highest BCUT2D eigenvalue weighted by Crippen LogP contribution is 2.23. The van der Waals surface area contributed by atoms with Gasteiger partial charge in [-0.25, -0.2) is 13.2 Å². The van der Waals surface area contributed by atoms with E-state index >= 15 is 0 Å². The van der Waals surface area contributed by atoms with Crippen LogP contribution in [0, 0.1) is 24.4 Å². The Morgan fingerprint density at radius 2 is 1.58 bits per heavy atom. The molecule has 19 heavy (non-hydrogen) atoms. The van der Waals surface area contributed by atoms with Crippen LogP contribution < -0.4 is 0 Å². The first kappa shape index (κ1) is 13.6. The molecule has 0 bridgehead atoms. The molecular weight excluding hydrogens is 277 g/mol. The Labute approximate surface area is 112 Å². The molecule has 0 spiro atoms. The number of hydrogen-bond acceptors (Lipinski definition) is 1. The maximum Gasteiger partial charge on any atom is 0.197 e. The van der Waals surface area contributed by atoms with Crippen LogP contribution >= 0.6 is 11.6 Å². The van der Waals surface area contributed by atoms with Gasteiger partial charge in [0.05, 0.1) is 10.6 Å². The van der Waals surface area contributed by atoms with Gasteiger partial charge >= 0.3 is 0 Å². The average Bonchev–Trinajstić information content (AvgIpc) is 2.33. The summed E-state index contributed by atoms with van der Waals surface area (Å²) in [7, 11) is 0. The second-order valence-corrected chi connectivity index (χ2v) is 4.47. The molecule has 1 nitrogen and oxygen atoms in total. The van der Waals surface area contributed by atoms with Crippen LogP contribution in [-0.4, -0.2) is 5.78 Å². The molecule has 0 aliphatic carbocycles. The summed E-state index contributed by atoms with van der Waals surface area (Å²) < 4.78 is 39.4. The third kappa shape index (κ3) is 2.63. The lowest BCUT2D eigenvalue weighted by atomic mass is 10.0. The zero-order valence-corrected chi connectivity index (χ0v) is 10.6. The van der Waals surface area contributed by atoms with Gasteiger partial charge < -0.3 is 0 Å². The smallest absolute Gasteiger partial charge is 0.197 e. The predicted molar refractivity (Wildman–Crippen MR) is 65.9 cm³/mol. The summed E-state index contributed by atoms with van der Waals surface area (Å²) in [4.78, 5) is 12.0. The van der Waals surface area contributed by atoms with Crippen molar-refractivity contribution in [2.45, 2.75) is 6.92 Å². The van der Waals surface area contributed by atoms with E-state index in [0.717, 1.165) is 5.56 Å². The zero-order valence-electron chi connectivity index (χ0n) is 9.81. The number of ketones is 1. The highest BCUT2D eigenvalue weighted by Gasteiger charge is 2.19. The van der Waals surface area contributed by atoms with Crippen molar-refractivity contribution >= 4 is 17.4 Å². The number of rotatable bonds is 2. The minimum atomic E-state index is -1.34. The summed E-state index contributed by atoms with van der Waals surface area (Å²) >= 11 is 5.89. The fourth-order valence-corrected chi connectivity index (χ4v) is 1.97. The lowest BCUT2D eigenvalue weighted by Crippen LogP contribution is -2.07. The van der Waals surface area contributed by atoms with Gasteiger partial charge in [0.1, 0.15) is 5.82 Å². The Hall–Kier alpha value is -1.81. The molecule has 5 heteroatoms. The molecule has 0 aliphatic heterocycles. The van der Waals surface area contributed by atoms with Crippen LogP contribution in [0.1, 0.15) is 21.5 Å². The van der Waals surface area contributed by atoms with E-state index in [1.54, 1.807) is 13.0 Å². The first-order chi connectivity index (χ1) is 8.90. The molecule has 2 aromatic carbocycles. The Kier molecular flexibility index (Phi) is 3.62. The molecule has 0 saturated carbocycles. The number of carbonyl (C=O) groups excluding carboxylic acids is 1. The van der Waals surface area contributed by atoms with E-state index in [1.807, 2.05) is 0 Å². The highest BCUT2D eigenvalue weighted by atomic mass is 35.5. The molecule has 0 saturated heterocycles. The van der Waals surface area contributed by atoms with Gasteiger partial charge in [0.2, 0.25) is 0 Å². The number of benzene rings is 2. The predicted octanol–water partition coefficient (Wildman–Crippen LogP) is 4.30. The lowest BCUT2D eigenvalue weighted by Gasteiger charge is -2.06. The van der Waals surface area contributed by atoms with Crippen molar-refractivity contribution in [1.82, 2.24) is 0 Å². The molecule has 0 amide bonds. The minimum Gasteiger partial charge on any atom is -0.288 e. The van der Waals surface area contributed by atoms with E-state index in [-0.39, 0.29) is 10.6 Å². The fraction of sp³-hybridized carbons (Fsp3) is 0.0714. The number of carbonyl (C=O) groups is 1. The van der Waals surface area contributed by atoms with Gasteiger partial charge in [-0.05, 0) is 30.7 Å². The van der Waals surface area contributed by atoms with Gasteiger partial charge in [-0.2, -0.15) is 0 Å². The van der Waals surface area contributed by atoms with Gasteiger partial charge in [0.15, 0.2) is 17.4 Å². The molecule has 0 atom stereocenters. The summed E-state index contributed by atoms with van der Waals surface area (Å²) in [5.74, 6) is -4.54. The molecule has 0 heterocycles. The monoisotopic (exact) mass is 284 g/mol. The molecule has 0 fully saturated rings. The van der Waals surface area contributed by atoms with Crippen molar-refractivity contribution in [2.24, 2.45) is 0 Å². The van der Waals surface area contributed by atoms with Gasteiger partial charge in [0, 0.05) is 11.6 Å². The van der Waals surface area contributed by atoms with Gasteiger partial charge in [-0.15, -0.1) is 0 Å². The lowest BCUT2D eigenvalue weighted by molar-refractivity contribution is 0.103. The number of hydrogen-bond donors (Lipinski definition) is 0. The Morgan fingerprint density at radius 3 is 2.21 bits per heavy atom. The van der Waals surface area contributed by atoms with Crippen LogP contribution in [0.2, 0.25) is 5.02 Å². The summed E-state index contributed by atoms with van der Waals surface area (Å²) in [6, 6.07) is 5.44. The third-order valence-corrected chi connectivity index (χ3v) is 2.94. The van der Waals surface area contributed by atoms with Gasteiger partial charge in [-0.3, -0.25) is 4.79 Å². The number of halogens is 4. The standard InChI is InChI=1S/C14H8ClF3O/c1-7-2-3-8(10(15)4-7)14(19)9-5-12(17)13(18)6-11(9)16/h2-6H,1H3. The Bertz CT molecular complexity index is 668. The topological polar surface area (TPSA) is 17.1 Å². The van der Waals surface area contributed by atoms with Crippen LogP contribution in [0.5, 0.6) is 0 Å². The van der Waals surface area contributed by atoms with Crippen LogP contribution in [0.15, 0.2) is 30.3 Å². The molecule has 2 rings (SSSR count). The van der Waals surface area contributed by atoms with Gasteiger partial charge in [-0.1, -0.05) is 17.7 Å². The van der Waals surface area contributed by atoms with E-state index in [1.165, 1.54) is 12.1 Å². The van der Waals surface area contributed by atoms with Crippen LogP contribution in [0.25, 0.3) is 0 Å². The van der Waals surface area contributed by atoms with E-state index < -0.39 is 28.8 Å². The Balaban J connectivity index is 2.53. The molecule has 0 N–H and O–H groups in total. The van der Waals surface area contributed by atoms with E-state index in [2.05, 4.69) is 0 Å². The second-order valence-electron chi connectivity index (χ2n) is 4.06. The molecule has 98 valence electrons. The van der Waals surface area contributed by atoms with Crippen molar-refractivity contribution in [3.05, 3.63) is 69.5 Å². The highest BCUT2D eigenvalue weighted by molar-refractivity contribution is 6.35. The molecular formula is C14H8ClF3O. The van der Waals surface area contributed by atoms with E-state index in [9.17, 15) is 18.0 Å². The van der Waals surface area contributed by atoms with Crippen molar-refractivity contribution < 1.29 is 18.0 Å². The Morgan fingerprint density at radius 1 is 0.947 bits per heavy atom. The van der Waals surface area contributed by atoms with Crippen molar-refractivity contribution in [2.75, 3.05) is 0 Å². The van der Waals surface area contributed by atoms with Crippen molar-refractivity contribution in [3.63, 3.8) is 0 Å². The SMILES string of the molecule is Cc1ccc(C(=O)c2cc(F)c(F)cc2F)c(Cl)c1. The fourth-order valence-electron chi connectivity index (χ4n) is 1.65. The number of aryl methyl sites for hydroxylation is 1. The maximum atomic E-state index is 13.5. The third-order valence-electron chi connectivity index (χ3n) is 2.62. The first-order valence-electron chi connectivity index (χ1n) is 5.35. The second kappa shape index (κ2) is 5.05. The molecule has 0 aromatic heterocycles. The molecule has 0 aliphatic rings. The molecule has 0 unspecified atom stereocenters. The minimum absolute atomic E-state index is 0.0391. The van der Waals surface area contributed by atoms with E-state index in [4.69, 9.17) is 11.6 Å². The molecule has 0 radical (unpaired) electrons. The van der Waals surface area contributed by atoms with Crippen LogP contribution in [-0.2, 0) is 0 Å². The quantitative estimate of drug-likeness (QED) is 0.594. The summed E-state index contributed by atoms with van der Waals surface area (Å²) in [6.45, 7) is 1.78. The van der Waals surface area contributed by atoms with Crippen molar-refractivity contribution in [1.29, 1.82) is 0 Å². The summed E-state index contributed by atoms with van der Waals surface area (Å²) in [5.41, 5.74) is 0.314. The van der Waals surface area contributed by atoms with E-state index in [0.29, 0.717) is 12.1 Å². The summed E-state index contributed by atoms with van der Waals surface area (Å²) in [5, 5.41) is 0.133. The average molecular weight is 285 g/mol. The maximum absolute atomic E-state index is 13.5. The van der Waals surface area contributed by atoms with Crippen LogP contribution in [0.3, 0.4) is 0 Å². The largest absolute Gasteiger partial charge is 0.288 e. The summed E-state index contributed by atoms with van der Waals surface area (Å²) in [6.07, 6.45) is 0. The normalized spacial score (nSPS) is 10.6.